The molecule has 124 valence electrons. The van der Waals surface area contributed by atoms with Gasteiger partial charge in [-0.3, -0.25) is 0 Å². The minimum Gasteiger partial charge on any atom is -0.372 e. The fourth-order valence-corrected chi connectivity index (χ4v) is 3.56. The molecule has 0 aliphatic carbocycles. The summed E-state index contributed by atoms with van der Waals surface area (Å²) in [5.74, 6) is 1.39. The topological polar surface area (TPSA) is 90.5 Å². The van der Waals surface area contributed by atoms with Crippen LogP contribution in [0.3, 0.4) is 0 Å². The van der Waals surface area contributed by atoms with Crippen LogP contribution >= 0.6 is 0 Å². The van der Waals surface area contributed by atoms with Crippen LogP contribution in [-0.2, 0) is 10.2 Å². The van der Waals surface area contributed by atoms with E-state index in [1.807, 2.05) is 36.2 Å². The van der Waals surface area contributed by atoms with Crippen LogP contribution in [0.5, 0.6) is 0 Å². The number of hydrogen-bond acceptors (Lipinski definition) is 6. The largest absolute Gasteiger partial charge is 0.372 e. The minimum atomic E-state index is -3.37. The van der Waals surface area contributed by atoms with Gasteiger partial charge in [-0.1, -0.05) is 12.1 Å². The van der Waals surface area contributed by atoms with E-state index in [4.69, 9.17) is 0 Å². The van der Waals surface area contributed by atoms with Crippen LogP contribution < -0.4 is 14.9 Å². The summed E-state index contributed by atoms with van der Waals surface area (Å²) in [4.78, 5) is 11.2. The molecule has 2 aromatic rings. The molecule has 0 saturated carbocycles. The second-order valence-corrected chi connectivity index (χ2v) is 7.11. The fourth-order valence-electron chi connectivity index (χ4n) is 2.65. The summed E-state index contributed by atoms with van der Waals surface area (Å²) in [6.07, 6.45) is 0. The van der Waals surface area contributed by atoms with Crippen molar-refractivity contribution in [3.63, 3.8) is 0 Å². The first-order valence-corrected chi connectivity index (χ1v) is 8.87. The number of hydrogen-bond donors (Lipinski definition) is 2. The highest BCUT2D eigenvalue weighted by Gasteiger charge is 2.27. The Morgan fingerprint density at radius 1 is 1.04 bits per heavy atom. The fraction of sp³-hybridized carbons (Fsp3) is 0.429. The Labute approximate surface area is 135 Å². The van der Waals surface area contributed by atoms with Crippen molar-refractivity contribution in [2.24, 2.45) is 0 Å². The number of fused-ring (bicyclic) bond motifs is 1. The van der Waals surface area contributed by atoms with Crippen LogP contribution in [0.2, 0.25) is 0 Å². The second kappa shape index (κ2) is 6.26. The van der Waals surface area contributed by atoms with Gasteiger partial charge < -0.3 is 10.2 Å². The van der Waals surface area contributed by atoms with Gasteiger partial charge in [0.1, 0.15) is 5.82 Å². The lowest BCUT2D eigenvalue weighted by atomic mass is 10.2. The molecular formula is C14H20N6O2S. The van der Waals surface area contributed by atoms with Gasteiger partial charge in [0.15, 0.2) is 0 Å². The van der Waals surface area contributed by atoms with E-state index < -0.39 is 10.2 Å². The maximum absolute atomic E-state index is 11.8. The van der Waals surface area contributed by atoms with E-state index >= 15 is 0 Å². The van der Waals surface area contributed by atoms with Crippen molar-refractivity contribution in [2.75, 3.05) is 50.5 Å². The summed E-state index contributed by atoms with van der Waals surface area (Å²) in [7, 11) is -0.118. The molecule has 1 saturated heterocycles. The van der Waals surface area contributed by atoms with Crippen LogP contribution in [0.1, 0.15) is 0 Å². The molecule has 1 aliphatic heterocycles. The lowest BCUT2D eigenvalue weighted by molar-refractivity contribution is 0.378. The molecule has 0 radical (unpaired) electrons. The van der Waals surface area contributed by atoms with Gasteiger partial charge in [0.05, 0.1) is 5.52 Å². The van der Waals surface area contributed by atoms with E-state index in [1.54, 1.807) is 0 Å². The van der Waals surface area contributed by atoms with Gasteiger partial charge >= 0.3 is 0 Å². The maximum atomic E-state index is 11.8. The zero-order chi connectivity index (χ0) is 16.4. The monoisotopic (exact) mass is 336 g/mol. The highest BCUT2D eigenvalue weighted by molar-refractivity contribution is 7.87. The SMILES string of the molecule is CNc1nc(N2CCN(S(=O)(=O)NC)CC2)nc2ccccc12. The summed E-state index contributed by atoms with van der Waals surface area (Å²) < 4.78 is 27.4. The van der Waals surface area contributed by atoms with Gasteiger partial charge in [-0.25, -0.2) is 9.71 Å². The first kappa shape index (κ1) is 15.9. The van der Waals surface area contributed by atoms with Crippen molar-refractivity contribution in [2.45, 2.75) is 0 Å². The molecule has 1 fully saturated rings. The number of piperazine rings is 1. The standard InChI is InChI=1S/C14H20N6O2S/c1-15-13-11-5-3-4-6-12(11)17-14(18-13)19-7-9-20(10-8-19)23(21,22)16-2/h3-6,16H,7-10H2,1-2H3,(H,15,17,18). The molecule has 0 spiro atoms. The Bertz CT molecular complexity index is 802. The van der Waals surface area contributed by atoms with Gasteiger partial charge in [-0.2, -0.15) is 17.7 Å². The third-order valence-corrected chi connectivity index (χ3v) is 5.51. The predicted octanol–water partition coefficient (Wildman–Crippen LogP) is 0.258. The smallest absolute Gasteiger partial charge is 0.279 e. The quantitative estimate of drug-likeness (QED) is 0.832. The van der Waals surface area contributed by atoms with Crippen molar-refractivity contribution < 1.29 is 8.42 Å². The number of benzene rings is 1. The molecule has 1 aromatic carbocycles. The number of rotatable bonds is 4. The zero-order valence-corrected chi connectivity index (χ0v) is 14.0. The number of anilines is 2. The van der Waals surface area contributed by atoms with Gasteiger partial charge in [0.2, 0.25) is 5.95 Å². The van der Waals surface area contributed by atoms with E-state index in [-0.39, 0.29) is 0 Å². The number of nitrogens with one attached hydrogen (secondary N) is 2. The molecule has 3 rings (SSSR count). The third kappa shape index (κ3) is 3.07. The summed E-state index contributed by atoms with van der Waals surface area (Å²) in [5.41, 5.74) is 0.868. The molecule has 23 heavy (non-hydrogen) atoms. The molecule has 0 bridgehead atoms. The normalized spacial score (nSPS) is 16.7. The van der Waals surface area contributed by atoms with E-state index in [0.717, 1.165) is 16.7 Å². The van der Waals surface area contributed by atoms with Crippen LogP contribution in [0, 0.1) is 0 Å². The lowest BCUT2D eigenvalue weighted by Crippen LogP contribution is -2.51. The van der Waals surface area contributed by atoms with Crippen molar-refractivity contribution in [3.05, 3.63) is 24.3 Å². The van der Waals surface area contributed by atoms with Crippen LogP contribution in [-0.4, -0.2) is 63.0 Å². The molecule has 0 amide bonds. The highest BCUT2D eigenvalue weighted by Crippen LogP contribution is 2.23. The Morgan fingerprint density at radius 2 is 1.74 bits per heavy atom. The first-order valence-electron chi connectivity index (χ1n) is 7.43. The zero-order valence-electron chi connectivity index (χ0n) is 13.2. The molecule has 8 nitrogen and oxygen atoms in total. The number of aromatic nitrogens is 2. The molecule has 0 atom stereocenters. The van der Waals surface area contributed by atoms with Crippen molar-refractivity contribution in [1.82, 2.24) is 19.0 Å². The van der Waals surface area contributed by atoms with Crippen LogP contribution in [0.15, 0.2) is 24.3 Å². The molecule has 2 N–H and O–H groups in total. The van der Waals surface area contributed by atoms with Crippen molar-refractivity contribution in [3.8, 4) is 0 Å². The van der Waals surface area contributed by atoms with Gasteiger partial charge in [0.25, 0.3) is 10.2 Å². The molecule has 9 heteroatoms. The molecule has 1 aliphatic rings. The van der Waals surface area contributed by atoms with E-state index in [0.29, 0.717) is 32.1 Å². The Kier molecular flexibility index (Phi) is 4.33. The lowest BCUT2D eigenvalue weighted by Gasteiger charge is -2.33. The number of para-hydroxylation sites is 1. The first-order chi connectivity index (χ1) is 11.0. The second-order valence-electron chi connectivity index (χ2n) is 5.23. The molecule has 0 unspecified atom stereocenters. The molecular weight excluding hydrogens is 316 g/mol. The van der Waals surface area contributed by atoms with E-state index in [1.165, 1.54) is 11.4 Å². The Balaban J connectivity index is 1.85. The van der Waals surface area contributed by atoms with Gasteiger partial charge in [0, 0.05) is 45.7 Å². The van der Waals surface area contributed by atoms with Gasteiger partial charge in [-0.05, 0) is 12.1 Å². The average molecular weight is 336 g/mol. The van der Waals surface area contributed by atoms with E-state index in [9.17, 15) is 8.42 Å². The summed E-state index contributed by atoms with van der Waals surface area (Å²) in [6.45, 7) is 1.94. The van der Waals surface area contributed by atoms with Crippen molar-refractivity contribution in [1.29, 1.82) is 0 Å². The van der Waals surface area contributed by atoms with Crippen LogP contribution in [0.25, 0.3) is 10.9 Å². The maximum Gasteiger partial charge on any atom is 0.279 e. The molecule has 1 aromatic heterocycles. The average Bonchev–Trinajstić information content (AvgIpc) is 2.60. The summed E-state index contributed by atoms with van der Waals surface area (Å²) in [5, 5.41) is 4.07. The summed E-state index contributed by atoms with van der Waals surface area (Å²) >= 11 is 0. The Morgan fingerprint density at radius 3 is 2.39 bits per heavy atom. The van der Waals surface area contributed by atoms with Crippen LogP contribution in [0.4, 0.5) is 11.8 Å². The Hall–Kier alpha value is -1.97. The summed E-state index contributed by atoms with van der Waals surface area (Å²) in [6, 6.07) is 7.81. The molecule has 2 heterocycles. The van der Waals surface area contributed by atoms with Crippen molar-refractivity contribution >= 4 is 32.9 Å². The van der Waals surface area contributed by atoms with Gasteiger partial charge in [-0.15, -0.1) is 0 Å². The highest BCUT2D eigenvalue weighted by atomic mass is 32.2. The van der Waals surface area contributed by atoms with E-state index in [2.05, 4.69) is 20.0 Å². The number of nitrogens with zero attached hydrogens (tertiary/aromatic N) is 4. The minimum absolute atomic E-state index is 0.411. The third-order valence-electron chi connectivity index (χ3n) is 3.95. The predicted molar refractivity (Wildman–Crippen MR) is 90.9 cm³/mol.